The van der Waals surface area contributed by atoms with Crippen molar-refractivity contribution in [1.29, 1.82) is 0 Å². The van der Waals surface area contributed by atoms with Crippen molar-refractivity contribution in [3.63, 3.8) is 0 Å². The molecule has 94 valence electrons. The van der Waals surface area contributed by atoms with Crippen molar-refractivity contribution in [2.75, 3.05) is 0 Å². The second kappa shape index (κ2) is 5.86. The molecule has 2 N–H and O–H groups in total. The molecule has 0 bridgehead atoms. The first-order valence-electron chi connectivity index (χ1n) is 5.14. The molecule has 2 rings (SSSR count). The van der Waals surface area contributed by atoms with Crippen LogP contribution in [-0.4, -0.2) is 0 Å². The highest BCUT2D eigenvalue weighted by atomic mass is 127. The minimum Gasteiger partial charge on any atom is -0.320 e. The maximum Gasteiger partial charge on any atom is 0.128 e. The number of hydrogen-bond acceptors (Lipinski definition) is 1. The fourth-order valence-electron chi connectivity index (χ4n) is 1.67. The van der Waals surface area contributed by atoms with Gasteiger partial charge in [-0.25, -0.2) is 4.39 Å². The SMILES string of the molecule is NC(c1cc(Br)ccc1F)c1cc(Cl)ccc1I. The first kappa shape index (κ1) is 14.2. The van der Waals surface area contributed by atoms with Gasteiger partial charge in [-0.15, -0.1) is 0 Å². The molecule has 0 aliphatic carbocycles. The smallest absolute Gasteiger partial charge is 0.128 e. The van der Waals surface area contributed by atoms with Crippen LogP contribution in [0.3, 0.4) is 0 Å². The first-order chi connectivity index (χ1) is 8.49. The Morgan fingerprint density at radius 2 is 1.89 bits per heavy atom. The van der Waals surface area contributed by atoms with Crippen LogP contribution in [0.2, 0.25) is 5.02 Å². The highest BCUT2D eigenvalue weighted by Crippen LogP contribution is 2.29. The number of rotatable bonds is 2. The van der Waals surface area contributed by atoms with Crippen molar-refractivity contribution in [3.8, 4) is 0 Å². The monoisotopic (exact) mass is 439 g/mol. The summed E-state index contributed by atoms with van der Waals surface area (Å²) in [5, 5.41) is 0.594. The van der Waals surface area contributed by atoms with E-state index in [1.165, 1.54) is 6.07 Å². The van der Waals surface area contributed by atoms with E-state index in [-0.39, 0.29) is 5.82 Å². The molecule has 18 heavy (non-hydrogen) atoms. The van der Waals surface area contributed by atoms with Crippen LogP contribution < -0.4 is 5.73 Å². The minimum absolute atomic E-state index is 0.318. The Balaban J connectivity index is 2.50. The van der Waals surface area contributed by atoms with Gasteiger partial charge in [0.05, 0.1) is 6.04 Å². The summed E-state index contributed by atoms with van der Waals surface area (Å²) in [5.74, 6) is -0.318. The lowest BCUT2D eigenvalue weighted by molar-refractivity contribution is 0.599. The molecule has 0 aromatic heterocycles. The van der Waals surface area contributed by atoms with E-state index in [0.29, 0.717) is 10.6 Å². The lowest BCUT2D eigenvalue weighted by Crippen LogP contribution is -2.15. The Morgan fingerprint density at radius 3 is 2.61 bits per heavy atom. The summed E-state index contributed by atoms with van der Waals surface area (Å²) in [4.78, 5) is 0. The third kappa shape index (κ3) is 3.04. The van der Waals surface area contributed by atoms with Crippen LogP contribution in [0.1, 0.15) is 17.2 Å². The highest BCUT2D eigenvalue weighted by Gasteiger charge is 2.16. The minimum atomic E-state index is -0.534. The van der Waals surface area contributed by atoms with Gasteiger partial charge in [0.1, 0.15) is 5.82 Å². The summed E-state index contributed by atoms with van der Waals surface area (Å²) in [5.41, 5.74) is 7.40. The molecule has 0 saturated carbocycles. The van der Waals surface area contributed by atoms with E-state index in [1.54, 1.807) is 24.3 Å². The molecule has 2 aromatic rings. The van der Waals surface area contributed by atoms with E-state index in [2.05, 4.69) is 38.5 Å². The van der Waals surface area contributed by atoms with Crippen LogP contribution in [0.5, 0.6) is 0 Å². The Morgan fingerprint density at radius 1 is 1.17 bits per heavy atom. The Hall–Kier alpha value is -0.170. The van der Waals surface area contributed by atoms with E-state index in [9.17, 15) is 4.39 Å². The van der Waals surface area contributed by atoms with Gasteiger partial charge < -0.3 is 5.73 Å². The molecule has 0 aliphatic rings. The van der Waals surface area contributed by atoms with Crippen molar-refractivity contribution in [1.82, 2.24) is 0 Å². The normalized spacial score (nSPS) is 12.5. The van der Waals surface area contributed by atoms with Crippen LogP contribution in [-0.2, 0) is 0 Å². The van der Waals surface area contributed by atoms with Crippen LogP contribution in [0.15, 0.2) is 40.9 Å². The molecule has 0 spiro atoms. The third-order valence-corrected chi connectivity index (χ3v) is 4.30. The molecule has 1 unspecified atom stereocenters. The van der Waals surface area contributed by atoms with Gasteiger partial charge in [-0.2, -0.15) is 0 Å². The zero-order valence-corrected chi connectivity index (χ0v) is 13.6. The molecular formula is C13H9BrClFIN. The number of benzene rings is 2. The molecule has 2 aromatic carbocycles. The molecule has 1 atom stereocenters. The number of halogens is 4. The summed E-state index contributed by atoms with van der Waals surface area (Å²) in [6.07, 6.45) is 0. The zero-order valence-electron chi connectivity index (χ0n) is 9.13. The van der Waals surface area contributed by atoms with E-state index >= 15 is 0 Å². The highest BCUT2D eigenvalue weighted by molar-refractivity contribution is 14.1. The maximum atomic E-state index is 13.8. The van der Waals surface area contributed by atoms with Gasteiger partial charge in [0.25, 0.3) is 0 Å². The lowest BCUT2D eigenvalue weighted by Gasteiger charge is -2.16. The Kier molecular flexibility index (Phi) is 4.64. The van der Waals surface area contributed by atoms with E-state index in [0.717, 1.165) is 13.6 Å². The summed E-state index contributed by atoms with van der Waals surface area (Å²) in [6, 6.07) is 9.63. The molecular weight excluding hydrogens is 431 g/mol. The van der Waals surface area contributed by atoms with Crippen LogP contribution in [0, 0.1) is 9.39 Å². The summed E-state index contributed by atoms with van der Waals surface area (Å²) in [6.45, 7) is 0. The van der Waals surface area contributed by atoms with Gasteiger partial charge in [0.2, 0.25) is 0 Å². The number of nitrogens with two attached hydrogens (primary N) is 1. The van der Waals surface area contributed by atoms with Gasteiger partial charge >= 0.3 is 0 Å². The fraction of sp³-hybridized carbons (Fsp3) is 0.0769. The van der Waals surface area contributed by atoms with Crippen molar-refractivity contribution >= 4 is 50.1 Å². The van der Waals surface area contributed by atoms with E-state index in [1.807, 2.05) is 6.07 Å². The third-order valence-electron chi connectivity index (χ3n) is 2.59. The van der Waals surface area contributed by atoms with Crippen molar-refractivity contribution in [2.45, 2.75) is 6.04 Å². The first-order valence-corrected chi connectivity index (χ1v) is 7.39. The van der Waals surface area contributed by atoms with Gasteiger partial charge in [0, 0.05) is 18.6 Å². The zero-order chi connectivity index (χ0) is 13.3. The average molecular weight is 440 g/mol. The van der Waals surface area contributed by atoms with Gasteiger partial charge in [-0.3, -0.25) is 0 Å². The standard InChI is InChI=1S/C13H9BrClFIN/c14-7-1-3-11(16)9(5-7)13(18)10-6-8(15)2-4-12(10)17/h1-6,13H,18H2. The molecule has 0 heterocycles. The molecule has 0 amide bonds. The number of hydrogen-bond donors (Lipinski definition) is 1. The Bertz CT molecular complexity index is 540. The molecule has 0 saturated heterocycles. The summed E-state index contributed by atoms with van der Waals surface area (Å²) >= 11 is 11.4. The second-order valence-corrected chi connectivity index (χ2v) is 6.32. The summed E-state index contributed by atoms with van der Waals surface area (Å²) in [7, 11) is 0. The van der Waals surface area contributed by atoms with Crippen molar-refractivity contribution in [3.05, 3.63) is 66.4 Å². The topological polar surface area (TPSA) is 26.0 Å². The molecule has 1 nitrogen and oxygen atoms in total. The lowest BCUT2D eigenvalue weighted by atomic mass is 9.99. The predicted octanol–water partition coefficient (Wildman–Crippen LogP) is 4.89. The maximum absolute atomic E-state index is 13.8. The van der Waals surface area contributed by atoms with E-state index < -0.39 is 6.04 Å². The second-order valence-electron chi connectivity index (χ2n) is 3.81. The average Bonchev–Trinajstić information content (AvgIpc) is 2.34. The summed E-state index contributed by atoms with van der Waals surface area (Å²) < 4.78 is 15.6. The van der Waals surface area contributed by atoms with Crippen LogP contribution in [0.4, 0.5) is 4.39 Å². The molecule has 0 radical (unpaired) electrons. The van der Waals surface area contributed by atoms with Crippen LogP contribution >= 0.6 is 50.1 Å². The van der Waals surface area contributed by atoms with Crippen molar-refractivity contribution < 1.29 is 4.39 Å². The van der Waals surface area contributed by atoms with Crippen molar-refractivity contribution in [2.24, 2.45) is 5.73 Å². The molecule has 0 fully saturated rings. The quantitative estimate of drug-likeness (QED) is 0.661. The largest absolute Gasteiger partial charge is 0.320 e. The van der Waals surface area contributed by atoms with Crippen LogP contribution in [0.25, 0.3) is 0 Å². The van der Waals surface area contributed by atoms with Gasteiger partial charge in [-0.05, 0) is 64.6 Å². The Labute approximate surface area is 132 Å². The fourth-order valence-corrected chi connectivity index (χ4v) is 2.90. The molecule has 0 aliphatic heterocycles. The predicted molar refractivity (Wildman–Crippen MR) is 84.3 cm³/mol. The van der Waals surface area contributed by atoms with E-state index in [4.69, 9.17) is 17.3 Å². The van der Waals surface area contributed by atoms with Gasteiger partial charge in [0.15, 0.2) is 0 Å². The van der Waals surface area contributed by atoms with Gasteiger partial charge in [-0.1, -0.05) is 27.5 Å². The molecule has 5 heteroatoms.